The van der Waals surface area contributed by atoms with Gasteiger partial charge in [-0.05, 0) is 62.8 Å². The van der Waals surface area contributed by atoms with Gasteiger partial charge in [-0.2, -0.15) is 0 Å². The van der Waals surface area contributed by atoms with Crippen LogP contribution in [0, 0.1) is 5.82 Å². The zero-order valence-corrected chi connectivity index (χ0v) is 13.1. The van der Waals surface area contributed by atoms with Crippen LogP contribution in [-0.2, 0) is 4.79 Å². The van der Waals surface area contributed by atoms with Crippen LogP contribution in [0.5, 0.6) is 0 Å². The summed E-state index contributed by atoms with van der Waals surface area (Å²) in [5.41, 5.74) is -0.198. The Morgan fingerprint density at radius 2 is 1.74 bits per heavy atom. The number of carbonyl (C=O) groups excluding carboxylic acids is 2. The topological polar surface area (TPSA) is 40.6 Å². The molecule has 23 heavy (non-hydrogen) atoms. The van der Waals surface area contributed by atoms with Gasteiger partial charge in [-0.15, -0.1) is 0 Å². The second-order valence-corrected chi connectivity index (χ2v) is 6.93. The molecule has 4 rings (SSSR count). The molecule has 1 aromatic carbocycles. The summed E-state index contributed by atoms with van der Waals surface area (Å²) in [6.07, 6.45) is 5.50. The van der Waals surface area contributed by atoms with Crippen LogP contribution in [-0.4, -0.2) is 46.3 Å². The SMILES string of the molecule is O=C(c1ccc(F)cc1)N1CCCC12CCCN(C1CC1)C2=O. The van der Waals surface area contributed by atoms with E-state index in [1.54, 1.807) is 4.90 Å². The molecule has 1 atom stereocenters. The molecule has 2 aliphatic heterocycles. The first-order valence-electron chi connectivity index (χ1n) is 8.50. The quantitative estimate of drug-likeness (QED) is 0.841. The van der Waals surface area contributed by atoms with Gasteiger partial charge in [0.15, 0.2) is 0 Å². The summed E-state index contributed by atoms with van der Waals surface area (Å²) in [7, 11) is 0. The molecule has 2 saturated heterocycles. The van der Waals surface area contributed by atoms with Gasteiger partial charge in [-0.25, -0.2) is 4.39 Å². The zero-order valence-electron chi connectivity index (χ0n) is 13.1. The first-order chi connectivity index (χ1) is 11.1. The Kier molecular flexibility index (Phi) is 3.39. The molecule has 122 valence electrons. The van der Waals surface area contributed by atoms with Crippen molar-refractivity contribution in [2.24, 2.45) is 0 Å². The lowest BCUT2D eigenvalue weighted by Gasteiger charge is -2.44. The summed E-state index contributed by atoms with van der Waals surface area (Å²) < 4.78 is 13.1. The fourth-order valence-corrected chi connectivity index (χ4v) is 4.16. The van der Waals surface area contributed by atoms with Gasteiger partial charge in [0.2, 0.25) is 5.91 Å². The normalized spacial score (nSPS) is 27.8. The van der Waals surface area contributed by atoms with Crippen LogP contribution in [0.1, 0.15) is 48.9 Å². The van der Waals surface area contributed by atoms with Gasteiger partial charge in [-0.1, -0.05) is 0 Å². The van der Waals surface area contributed by atoms with Crippen LogP contribution >= 0.6 is 0 Å². The predicted molar refractivity (Wildman–Crippen MR) is 83.4 cm³/mol. The van der Waals surface area contributed by atoms with Crippen molar-refractivity contribution in [3.05, 3.63) is 35.6 Å². The number of benzene rings is 1. The van der Waals surface area contributed by atoms with E-state index in [2.05, 4.69) is 0 Å². The number of halogens is 1. The Labute approximate surface area is 135 Å². The van der Waals surface area contributed by atoms with Crippen molar-refractivity contribution in [3.63, 3.8) is 0 Å². The van der Waals surface area contributed by atoms with Gasteiger partial charge in [0, 0.05) is 24.7 Å². The van der Waals surface area contributed by atoms with Gasteiger partial charge >= 0.3 is 0 Å². The lowest BCUT2D eigenvalue weighted by atomic mass is 9.85. The molecule has 2 amide bonds. The molecular formula is C18H21FN2O2. The van der Waals surface area contributed by atoms with Crippen molar-refractivity contribution < 1.29 is 14.0 Å². The minimum atomic E-state index is -0.660. The van der Waals surface area contributed by atoms with E-state index < -0.39 is 5.54 Å². The van der Waals surface area contributed by atoms with Crippen molar-refractivity contribution in [2.75, 3.05) is 13.1 Å². The molecule has 2 heterocycles. The highest BCUT2D eigenvalue weighted by Gasteiger charge is 2.54. The van der Waals surface area contributed by atoms with E-state index in [0.717, 1.165) is 45.1 Å². The first kappa shape index (κ1) is 14.7. The van der Waals surface area contributed by atoms with E-state index in [0.29, 0.717) is 18.2 Å². The minimum absolute atomic E-state index is 0.138. The number of rotatable bonds is 2. The summed E-state index contributed by atoms with van der Waals surface area (Å²) >= 11 is 0. The maximum Gasteiger partial charge on any atom is 0.254 e. The molecular weight excluding hydrogens is 295 g/mol. The Balaban J connectivity index is 1.63. The third-order valence-electron chi connectivity index (χ3n) is 5.46. The molecule has 1 spiro atoms. The molecule has 1 saturated carbocycles. The Bertz CT molecular complexity index is 641. The number of carbonyl (C=O) groups is 2. The van der Waals surface area contributed by atoms with E-state index in [9.17, 15) is 14.0 Å². The molecule has 0 aromatic heterocycles. The number of nitrogens with zero attached hydrogens (tertiary/aromatic N) is 2. The monoisotopic (exact) mass is 316 g/mol. The highest BCUT2D eigenvalue weighted by atomic mass is 19.1. The van der Waals surface area contributed by atoms with Crippen LogP contribution in [0.15, 0.2) is 24.3 Å². The summed E-state index contributed by atoms with van der Waals surface area (Å²) in [5.74, 6) is -0.362. The summed E-state index contributed by atoms with van der Waals surface area (Å²) in [5, 5.41) is 0. The molecule has 1 unspecified atom stereocenters. The number of hydrogen-bond acceptors (Lipinski definition) is 2. The highest BCUT2D eigenvalue weighted by Crippen LogP contribution is 2.42. The van der Waals surface area contributed by atoms with E-state index >= 15 is 0 Å². The summed E-state index contributed by atoms with van der Waals surface area (Å²) in [6, 6.07) is 6.01. The summed E-state index contributed by atoms with van der Waals surface area (Å²) in [4.78, 5) is 29.8. The van der Waals surface area contributed by atoms with E-state index in [1.807, 2.05) is 4.90 Å². The number of piperidine rings is 1. The average molecular weight is 316 g/mol. The van der Waals surface area contributed by atoms with Crippen LogP contribution in [0.4, 0.5) is 4.39 Å². The Hall–Kier alpha value is -1.91. The minimum Gasteiger partial charge on any atom is -0.338 e. The van der Waals surface area contributed by atoms with Gasteiger partial charge in [0.25, 0.3) is 5.91 Å². The molecule has 1 aromatic rings. The second-order valence-electron chi connectivity index (χ2n) is 6.93. The standard InChI is InChI=1S/C18H21FN2O2/c19-14-5-3-13(4-6-14)16(22)21-12-2-10-18(21)9-1-11-20(17(18)23)15-7-8-15/h3-6,15H,1-2,7-12H2. The number of amides is 2. The zero-order chi connectivity index (χ0) is 16.0. The van der Waals surface area contributed by atoms with E-state index in [1.165, 1.54) is 24.3 Å². The van der Waals surface area contributed by atoms with Crippen molar-refractivity contribution in [3.8, 4) is 0 Å². The molecule has 5 heteroatoms. The molecule has 0 radical (unpaired) electrons. The molecule has 3 fully saturated rings. The van der Waals surface area contributed by atoms with Crippen molar-refractivity contribution >= 4 is 11.8 Å². The Morgan fingerprint density at radius 1 is 1.09 bits per heavy atom. The molecule has 4 nitrogen and oxygen atoms in total. The third kappa shape index (κ3) is 2.33. The van der Waals surface area contributed by atoms with Crippen molar-refractivity contribution in [2.45, 2.75) is 50.1 Å². The van der Waals surface area contributed by atoms with Gasteiger partial charge < -0.3 is 9.80 Å². The van der Waals surface area contributed by atoms with Crippen molar-refractivity contribution in [1.29, 1.82) is 0 Å². The lowest BCUT2D eigenvalue weighted by Crippen LogP contribution is -2.61. The largest absolute Gasteiger partial charge is 0.338 e. The first-order valence-corrected chi connectivity index (χ1v) is 8.50. The van der Waals surface area contributed by atoms with Crippen molar-refractivity contribution in [1.82, 2.24) is 9.80 Å². The van der Waals surface area contributed by atoms with Crippen LogP contribution in [0.25, 0.3) is 0 Å². The second kappa shape index (κ2) is 5.32. The fourth-order valence-electron chi connectivity index (χ4n) is 4.16. The van der Waals surface area contributed by atoms with E-state index in [4.69, 9.17) is 0 Å². The lowest BCUT2D eigenvalue weighted by molar-refractivity contribution is -0.146. The van der Waals surface area contributed by atoms with Gasteiger partial charge in [-0.3, -0.25) is 9.59 Å². The van der Waals surface area contributed by atoms with Gasteiger partial charge in [0.1, 0.15) is 11.4 Å². The smallest absolute Gasteiger partial charge is 0.254 e. The molecule has 0 bridgehead atoms. The number of likely N-dealkylation sites (tertiary alicyclic amines) is 2. The maximum atomic E-state index is 13.1. The molecule has 3 aliphatic rings. The van der Waals surface area contributed by atoms with Crippen LogP contribution in [0.3, 0.4) is 0 Å². The molecule has 1 aliphatic carbocycles. The van der Waals surface area contributed by atoms with Gasteiger partial charge in [0.05, 0.1) is 0 Å². The maximum absolute atomic E-state index is 13.1. The van der Waals surface area contributed by atoms with Crippen LogP contribution < -0.4 is 0 Å². The highest BCUT2D eigenvalue weighted by molar-refractivity contribution is 6.00. The average Bonchev–Trinajstić information content (AvgIpc) is 3.31. The Morgan fingerprint density at radius 3 is 2.39 bits per heavy atom. The summed E-state index contributed by atoms with van der Waals surface area (Å²) in [6.45, 7) is 1.43. The van der Waals surface area contributed by atoms with Crippen LogP contribution in [0.2, 0.25) is 0 Å². The molecule has 0 N–H and O–H groups in total. The third-order valence-corrected chi connectivity index (χ3v) is 5.46. The predicted octanol–water partition coefficient (Wildman–Crippen LogP) is 2.59. The van der Waals surface area contributed by atoms with E-state index in [-0.39, 0.29) is 17.6 Å². The fraction of sp³-hybridized carbons (Fsp3) is 0.556. The number of hydrogen-bond donors (Lipinski definition) is 0.